The molecule has 0 spiro atoms. The molecule has 1 aromatic carbocycles. The van der Waals surface area contributed by atoms with E-state index in [0.717, 1.165) is 15.4 Å². The van der Waals surface area contributed by atoms with Gasteiger partial charge < -0.3 is 5.32 Å². The third-order valence-corrected chi connectivity index (χ3v) is 5.65. The third-order valence-electron chi connectivity index (χ3n) is 3.17. The fourth-order valence-electron chi connectivity index (χ4n) is 2.15. The molecule has 0 saturated carbocycles. The maximum Gasteiger partial charge on any atom is 0.107 e. The van der Waals surface area contributed by atoms with Crippen molar-refractivity contribution in [2.24, 2.45) is 0 Å². The van der Waals surface area contributed by atoms with Crippen molar-refractivity contribution in [1.29, 1.82) is 0 Å². The lowest BCUT2D eigenvalue weighted by atomic mass is 10.0. The SMILES string of the molecule is Cc1ccc(C(C)NCc2cc(Br)c(Cl)s2)c(C)c1. The molecule has 0 saturated heterocycles. The number of benzene rings is 1. The van der Waals surface area contributed by atoms with Gasteiger partial charge in [0.25, 0.3) is 0 Å². The van der Waals surface area contributed by atoms with Crippen molar-refractivity contribution in [3.8, 4) is 0 Å². The smallest absolute Gasteiger partial charge is 0.107 e. The molecular formula is C15H17BrClNS. The molecule has 0 aliphatic carbocycles. The molecule has 1 unspecified atom stereocenters. The number of hydrogen-bond donors (Lipinski definition) is 1. The minimum absolute atomic E-state index is 0.334. The van der Waals surface area contributed by atoms with Gasteiger partial charge in [-0.1, -0.05) is 35.4 Å². The topological polar surface area (TPSA) is 12.0 Å². The lowest BCUT2D eigenvalue weighted by molar-refractivity contribution is 0.576. The highest BCUT2D eigenvalue weighted by Crippen LogP contribution is 2.32. The van der Waals surface area contributed by atoms with E-state index in [9.17, 15) is 0 Å². The molecule has 102 valence electrons. The molecule has 0 radical (unpaired) electrons. The van der Waals surface area contributed by atoms with E-state index in [1.165, 1.54) is 21.6 Å². The Kier molecular flexibility index (Phi) is 5.07. The normalized spacial score (nSPS) is 12.7. The molecule has 0 amide bonds. The summed E-state index contributed by atoms with van der Waals surface area (Å²) in [5.74, 6) is 0. The summed E-state index contributed by atoms with van der Waals surface area (Å²) in [5.41, 5.74) is 4.00. The van der Waals surface area contributed by atoms with Crippen molar-refractivity contribution in [3.05, 3.63) is 54.6 Å². The minimum Gasteiger partial charge on any atom is -0.305 e. The molecule has 1 atom stereocenters. The molecule has 1 nitrogen and oxygen atoms in total. The average Bonchev–Trinajstić information content (AvgIpc) is 2.66. The second kappa shape index (κ2) is 6.40. The molecule has 2 aromatic rings. The third kappa shape index (κ3) is 3.82. The molecule has 0 aliphatic rings. The summed E-state index contributed by atoms with van der Waals surface area (Å²) in [6.45, 7) is 7.32. The number of hydrogen-bond acceptors (Lipinski definition) is 2. The fourth-order valence-corrected chi connectivity index (χ4v) is 3.90. The van der Waals surface area contributed by atoms with Crippen LogP contribution in [0.4, 0.5) is 0 Å². The first kappa shape index (κ1) is 15.0. The lowest BCUT2D eigenvalue weighted by Crippen LogP contribution is -2.18. The van der Waals surface area contributed by atoms with E-state index in [1.807, 2.05) is 0 Å². The van der Waals surface area contributed by atoms with Gasteiger partial charge in [-0.05, 0) is 53.9 Å². The summed E-state index contributed by atoms with van der Waals surface area (Å²) in [4.78, 5) is 1.24. The van der Waals surface area contributed by atoms with Crippen LogP contribution in [0.1, 0.15) is 34.5 Å². The van der Waals surface area contributed by atoms with Crippen molar-refractivity contribution in [1.82, 2.24) is 5.32 Å². The molecule has 1 heterocycles. The average molecular weight is 359 g/mol. The van der Waals surface area contributed by atoms with Gasteiger partial charge in [0.1, 0.15) is 4.34 Å². The zero-order valence-corrected chi connectivity index (χ0v) is 14.4. The Labute approximate surface area is 132 Å². The van der Waals surface area contributed by atoms with E-state index >= 15 is 0 Å². The Morgan fingerprint density at radius 2 is 2.05 bits per heavy atom. The Balaban J connectivity index is 2.03. The molecule has 0 bridgehead atoms. The van der Waals surface area contributed by atoms with Gasteiger partial charge in [0.15, 0.2) is 0 Å². The first-order valence-corrected chi connectivity index (χ1v) is 8.20. The van der Waals surface area contributed by atoms with Crippen LogP contribution < -0.4 is 5.32 Å². The van der Waals surface area contributed by atoms with Gasteiger partial charge >= 0.3 is 0 Å². The summed E-state index contributed by atoms with van der Waals surface area (Å²) >= 11 is 11.1. The van der Waals surface area contributed by atoms with Crippen LogP contribution in [0.15, 0.2) is 28.7 Å². The van der Waals surface area contributed by atoms with Crippen LogP contribution in [-0.2, 0) is 6.54 Å². The Bertz CT molecular complexity index is 560. The highest BCUT2D eigenvalue weighted by atomic mass is 79.9. The van der Waals surface area contributed by atoms with Gasteiger partial charge in [-0.3, -0.25) is 0 Å². The van der Waals surface area contributed by atoms with Gasteiger partial charge in [-0.2, -0.15) is 0 Å². The Morgan fingerprint density at radius 3 is 2.63 bits per heavy atom. The van der Waals surface area contributed by atoms with Crippen molar-refractivity contribution in [2.75, 3.05) is 0 Å². The molecule has 4 heteroatoms. The van der Waals surface area contributed by atoms with Crippen LogP contribution in [0.25, 0.3) is 0 Å². The second-order valence-electron chi connectivity index (χ2n) is 4.80. The summed E-state index contributed by atoms with van der Waals surface area (Å²) in [6, 6.07) is 9.01. The Hall–Kier alpha value is -0.350. The monoisotopic (exact) mass is 357 g/mol. The standard InChI is InChI=1S/C15H17BrClNS/c1-9-4-5-13(10(2)6-9)11(3)18-8-12-7-14(16)15(17)19-12/h4-7,11,18H,8H2,1-3H3. The van der Waals surface area contributed by atoms with Gasteiger partial charge in [0.05, 0.1) is 0 Å². The maximum absolute atomic E-state index is 6.05. The fraction of sp³-hybridized carbons (Fsp3) is 0.333. The van der Waals surface area contributed by atoms with E-state index in [1.54, 1.807) is 11.3 Å². The maximum atomic E-state index is 6.05. The van der Waals surface area contributed by atoms with E-state index < -0.39 is 0 Å². The molecule has 19 heavy (non-hydrogen) atoms. The van der Waals surface area contributed by atoms with Crippen LogP contribution in [-0.4, -0.2) is 0 Å². The zero-order chi connectivity index (χ0) is 14.0. The van der Waals surface area contributed by atoms with Crippen LogP contribution in [0.3, 0.4) is 0 Å². The molecule has 1 N–H and O–H groups in total. The molecular weight excluding hydrogens is 342 g/mol. The minimum atomic E-state index is 0.334. The molecule has 0 aliphatic heterocycles. The number of aryl methyl sites for hydroxylation is 2. The highest BCUT2D eigenvalue weighted by Gasteiger charge is 2.10. The quantitative estimate of drug-likeness (QED) is 0.746. The van der Waals surface area contributed by atoms with Crippen LogP contribution in [0.2, 0.25) is 4.34 Å². The largest absolute Gasteiger partial charge is 0.305 e. The number of thiophene rings is 1. The molecule has 0 fully saturated rings. The number of halogens is 2. The highest BCUT2D eigenvalue weighted by molar-refractivity contribution is 9.10. The lowest BCUT2D eigenvalue weighted by Gasteiger charge is -2.16. The molecule has 1 aromatic heterocycles. The van der Waals surface area contributed by atoms with Crippen molar-refractivity contribution in [3.63, 3.8) is 0 Å². The van der Waals surface area contributed by atoms with Gasteiger partial charge in [-0.15, -0.1) is 11.3 Å². The molecule has 2 rings (SSSR count). The summed E-state index contributed by atoms with van der Waals surface area (Å²) in [5, 5.41) is 3.55. The van der Waals surface area contributed by atoms with Gasteiger partial charge in [-0.25, -0.2) is 0 Å². The first-order chi connectivity index (χ1) is 8.97. The van der Waals surface area contributed by atoms with Crippen molar-refractivity contribution < 1.29 is 0 Å². The van der Waals surface area contributed by atoms with Crippen LogP contribution in [0.5, 0.6) is 0 Å². The van der Waals surface area contributed by atoms with Crippen LogP contribution >= 0.6 is 38.9 Å². The predicted octanol–water partition coefficient (Wildman–Crippen LogP) is 5.63. The van der Waals surface area contributed by atoms with E-state index in [4.69, 9.17) is 11.6 Å². The Morgan fingerprint density at radius 1 is 1.32 bits per heavy atom. The number of nitrogens with one attached hydrogen (secondary N) is 1. The van der Waals surface area contributed by atoms with E-state index in [2.05, 4.69) is 66.3 Å². The van der Waals surface area contributed by atoms with E-state index in [-0.39, 0.29) is 0 Å². The van der Waals surface area contributed by atoms with Crippen molar-refractivity contribution in [2.45, 2.75) is 33.4 Å². The summed E-state index contributed by atoms with van der Waals surface area (Å²) < 4.78 is 1.80. The predicted molar refractivity (Wildman–Crippen MR) is 88.2 cm³/mol. The first-order valence-electron chi connectivity index (χ1n) is 6.21. The zero-order valence-electron chi connectivity index (χ0n) is 11.3. The second-order valence-corrected chi connectivity index (χ2v) is 7.39. The van der Waals surface area contributed by atoms with E-state index in [0.29, 0.717) is 6.04 Å². The van der Waals surface area contributed by atoms with Crippen LogP contribution in [0, 0.1) is 13.8 Å². The van der Waals surface area contributed by atoms with Crippen molar-refractivity contribution >= 4 is 38.9 Å². The van der Waals surface area contributed by atoms with Gasteiger partial charge in [0, 0.05) is 21.9 Å². The summed E-state index contributed by atoms with van der Waals surface area (Å²) in [6.07, 6.45) is 0. The van der Waals surface area contributed by atoms with Gasteiger partial charge in [0.2, 0.25) is 0 Å². The number of rotatable bonds is 4. The summed E-state index contributed by atoms with van der Waals surface area (Å²) in [7, 11) is 0.